The Balaban J connectivity index is 2.01. The fourth-order valence-electron chi connectivity index (χ4n) is 2.16. The van der Waals surface area contributed by atoms with Crippen LogP contribution in [0.25, 0.3) is 10.9 Å². The summed E-state index contributed by atoms with van der Waals surface area (Å²) in [5.74, 6) is 0.537. The van der Waals surface area contributed by atoms with Gasteiger partial charge in [-0.15, -0.1) is 0 Å². The number of pyridine rings is 1. The van der Waals surface area contributed by atoms with Crippen LogP contribution >= 0.6 is 23.2 Å². The Morgan fingerprint density at radius 1 is 0.900 bits per heavy atom. The van der Waals surface area contributed by atoms with E-state index in [0.717, 1.165) is 33.5 Å². The van der Waals surface area contributed by atoms with Crippen LogP contribution in [0.1, 0.15) is 11.1 Å². The van der Waals surface area contributed by atoms with Crippen LogP contribution in [-0.4, -0.2) is 4.98 Å². The van der Waals surface area contributed by atoms with E-state index in [0.29, 0.717) is 10.8 Å². The van der Waals surface area contributed by atoms with E-state index in [1.165, 1.54) is 0 Å². The van der Waals surface area contributed by atoms with Crippen molar-refractivity contribution in [3.05, 3.63) is 69.7 Å². The predicted molar refractivity (Wildman–Crippen MR) is 85.4 cm³/mol. The molecule has 0 fully saturated rings. The molecule has 3 rings (SSSR count). The molecule has 0 amide bonds. The van der Waals surface area contributed by atoms with Crippen LogP contribution in [0.15, 0.2) is 48.5 Å². The van der Waals surface area contributed by atoms with Gasteiger partial charge in [0.2, 0.25) is 0 Å². The number of rotatable bonds is 2. The van der Waals surface area contributed by atoms with Crippen molar-refractivity contribution in [3.63, 3.8) is 0 Å². The van der Waals surface area contributed by atoms with E-state index < -0.39 is 0 Å². The molecule has 3 aromatic rings. The first kappa shape index (κ1) is 13.2. The third kappa shape index (κ3) is 2.72. The van der Waals surface area contributed by atoms with Crippen LogP contribution in [0, 0.1) is 0 Å². The summed E-state index contributed by atoms with van der Waals surface area (Å²) < 4.78 is 0. The molecule has 1 aromatic heterocycles. The molecular weight excluding hydrogens is 291 g/mol. The van der Waals surface area contributed by atoms with Gasteiger partial charge in [-0.3, -0.25) is 0 Å². The lowest BCUT2D eigenvalue weighted by Gasteiger charge is -2.08. The summed E-state index contributed by atoms with van der Waals surface area (Å²) in [5, 5.41) is 2.43. The summed E-state index contributed by atoms with van der Waals surface area (Å²) in [6.45, 7) is 0. The first-order chi connectivity index (χ1) is 9.61. The van der Waals surface area contributed by atoms with Crippen molar-refractivity contribution in [1.29, 1.82) is 0 Å². The molecule has 20 heavy (non-hydrogen) atoms. The highest BCUT2D eigenvalue weighted by Crippen LogP contribution is 2.24. The zero-order chi connectivity index (χ0) is 14.1. The first-order valence-electron chi connectivity index (χ1n) is 6.21. The van der Waals surface area contributed by atoms with Gasteiger partial charge in [0, 0.05) is 21.9 Å². The van der Waals surface area contributed by atoms with E-state index in [1.54, 1.807) is 0 Å². The van der Waals surface area contributed by atoms with Crippen LogP contribution in [-0.2, 0) is 6.42 Å². The van der Waals surface area contributed by atoms with E-state index in [-0.39, 0.29) is 0 Å². The Bertz CT molecular complexity index is 767. The van der Waals surface area contributed by atoms with E-state index >= 15 is 0 Å². The van der Waals surface area contributed by atoms with Gasteiger partial charge in [0.25, 0.3) is 0 Å². The standard InChI is InChI=1S/C16H12Cl2N2/c17-13-4-1-10(2-5-13)7-12-8-11-3-6-14(18)9-15(11)20-16(12)19/h1-6,8-9H,7H2,(H2,19,20). The lowest BCUT2D eigenvalue weighted by atomic mass is 10.0. The van der Waals surface area contributed by atoms with Gasteiger partial charge < -0.3 is 5.73 Å². The summed E-state index contributed by atoms with van der Waals surface area (Å²) in [4.78, 5) is 4.42. The predicted octanol–water partition coefficient (Wildman–Crippen LogP) is 4.71. The van der Waals surface area contributed by atoms with Gasteiger partial charge in [0.05, 0.1) is 5.52 Å². The Hall–Kier alpha value is -1.77. The van der Waals surface area contributed by atoms with Crippen LogP contribution in [0.3, 0.4) is 0 Å². The van der Waals surface area contributed by atoms with Gasteiger partial charge in [0.15, 0.2) is 0 Å². The van der Waals surface area contributed by atoms with Crippen molar-refractivity contribution in [2.24, 2.45) is 0 Å². The molecule has 0 aliphatic heterocycles. The molecule has 0 unspecified atom stereocenters. The van der Waals surface area contributed by atoms with Gasteiger partial charge in [-0.2, -0.15) is 0 Å². The molecule has 2 aromatic carbocycles. The maximum Gasteiger partial charge on any atom is 0.127 e. The molecule has 1 heterocycles. The highest BCUT2D eigenvalue weighted by Gasteiger charge is 2.06. The minimum atomic E-state index is 0.537. The second-order valence-corrected chi connectivity index (χ2v) is 5.55. The van der Waals surface area contributed by atoms with Crippen molar-refractivity contribution in [1.82, 2.24) is 4.98 Å². The number of anilines is 1. The van der Waals surface area contributed by atoms with Crippen molar-refractivity contribution in [2.75, 3.05) is 5.73 Å². The van der Waals surface area contributed by atoms with Gasteiger partial charge >= 0.3 is 0 Å². The second-order valence-electron chi connectivity index (χ2n) is 4.67. The molecule has 2 N–H and O–H groups in total. The molecule has 0 saturated heterocycles. The highest BCUT2D eigenvalue weighted by atomic mass is 35.5. The van der Waals surface area contributed by atoms with Gasteiger partial charge in [-0.1, -0.05) is 41.4 Å². The molecule has 0 radical (unpaired) electrons. The number of aromatic nitrogens is 1. The summed E-state index contributed by atoms with van der Waals surface area (Å²) in [7, 11) is 0. The maximum atomic E-state index is 6.03. The van der Waals surface area contributed by atoms with E-state index in [9.17, 15) is 0 Å². The quantitative estimate of drug-likeness (QED) is 0.744. The zero-order valence-corrected chi connectivity index (χ0v) is 12.1. The summed E-state index contributed by atoms with van der Waals surface area (Å²) in [6, 6.07) is 15.4. The number of nitrogens with two attached hydrogens (primary N) is 1. The molecule has 0 spiro atoms. The molecule has 0 saturated carbocycles. The minimum Gasteiger partial charge on any atom is -0.383 e. The van der Waals surface area contributed by atoms with Crippen molar-refractivity contribution in [2.45, 2.75) is 6.42 Å². The zero-order valence-electron chi connectivity index (χ0n) is 10.6. The van der Waals surface area contributed by atoms with E-state index in [4.69, 9.17) is 28.9 Å². The molecule has 0 aliphatic carbocycles. The van der Waals surface area contributed by atoms with Gasteiger partial charge in [0.1, 0.15) is 5.82 Å². The Labute approximate surface area is 127 Å². The van der Waals surface area contributed by atoms with Crippen LogP contribution in [0.4, 0.5) is 5.82 Å². The van der Waals surface area contributed by atoms with E-state index in [2.05, 4.69) is 11.1 Å². The third-order valence-corrected chi connectivity index (χ3v) is 3.69. The van der Waals surface area contributed by atoms with Gasteiger partial charge in [-0.05, 0) is 41.5 Å². The number of hydrogen-bond acceptors (Lipinski definition) is 2. The summed E-state index contributed by atoms with van der Waals surface area (Å²) in [5.41, 5.74) is 9.00. The van der Waals surface area contributed by atoms with Crippen molar-refractivity contribution >= 4 is 39.9 Å². The average Bonchev–Trinajstić information content (AvgIpc) is 2.42. The van der Waals surface area contributed by atoms with Gasteiger partial charge in [-0.25, -0.2) is 4.98 Å². The highest BCUT2D eigenvalue weighted by molar-refractivity contribution is 6.31. The Morgan fingerprint density at radius 2 is 1.60 bits per heavy atom. The SMILES string of the molecule is Nc1nc2cc(Cl)ccc2cc1Cc1ccc(Cl)cc1. The monoisotopic (exact) mass is 302 g/mol. The molecule has 100 valence electrons. The topological polar surface area (TPSA) is 38.9 Å². The number of nitrogen functional groups attached to an aromatic ring is 1. The molecule has 0 bridgehead atoms. The average molecular weight is 303 g/mol. The Morgan fingerprint density at radius 3 is 2.35 bits per heavy atom. The number of fused-ring (bicyclic) bond motifs is 1. The fourth-order valence-corrected chi connectivity index (χ4v) is 2.46. The van der Waals surface area contributed by atoms with Crippen LogP contribution < -0.4 is 5.73 Å². The number of halogens is 2. The fraction of sp³-hybridized carbons (Fsp3) is 0.0625. The minimum absolute atomic E-state index is 0.537. The number of nitrogens with zero attached hydrogens (tertiary/aromatic N) is 1. The summed E-state index contributed by atoms with van der Waals surface area (Å²) in [6.07, 6.45) is 0.731. The Kier molecular flexibility index (Phi) is 3.51. The molecule has 4 heteroatoms. The van der Waals surface area contributed by atoms with Crippen molar-refractivity contribution in [3.8, 4) is 0 Å². The maximum absolute atomic E-state index is 6.03. The normalized spacial score (nSPS) is 10.9. The molecule has 0 atom stereocenters. The number of hydrogen-bond donors (Lipinski definition) is 1. The first-order valence-corrected chi connectivity index (χ1v) is 6.96. The second kappa shape index (κ2) is 5.31. The lowest BCUT2D eigenvalue weighted by molar-refractivity contribution is 1.17. The summed E-state index contributed by atoms with van der Waals surface area (Å²) >= 11 is 11.9. The van der Waals surface area contributed by atoms with E-state index in [1.807, 2.05) is 42.5 Å². The van der Waals surface area contributed by atoms with Crippen molar-refractivity contribution < 1.29 is 0 Å². The molecular formula is C16H12Cl2N2. The van der Waals surface area contributed by atoms with Crippen LogP contribution in [0.2, 0.25) is 10.0 Å². The lowest BCUT2D eigenvalue weighted by Crippen LogP contribution is -1.99. The molecule has 0 aliphatic rings. The third-order valence-electron chi connectivity index (χ3n) is 3.20. The smallest absolute Gasteiger partial charge is 0.127 e. The van der Waals surface area contributed by atoms with Crippen LogP contribution in [0.5, 0.6) is 0 Å². The number of benzene rings is 2. The molecule has 2 nitrogen and oxygen atoms in total. The largest absolute Gasteiger partial charge is 0.383 e.